The van der Waals surface area contributed by atoms with Crippen LogP contribution in [0.5, 0.6) is 0 Å². The van der Waals surface area contributed by atoms with E-state index in [4.69, 9.17) is 5.21 Å². The van der Waals surface area contributed by atoms with Crippen molar-refractivity contribution < 1.29 is 5.21 Å². The van der Waals surface area contributed by atoms with Crippen LogP contribution in [0.25, 0.3) is 49.7 Å². The van der Waals surface area contributed by atoms with Crippen molar-refractivity contribution in [2.24, 2.45) is 5.16 Å². The molecule has 250 valence electrons. The molecule has 5 aromatic carbocycles. The first-order valence-corrected chi connectivity index (χ1v) is 18.6. The molecule has 49 heavy (non-hydrogen) atoms. The number of unbranched alkanes of at least 4 members (excludes halogenated alkanes) is 6. The maximum absolute atomic E-state index is 9.02. The number of oxime groups is 1. The van der Waals surface area contributed by atoms with Crippen molar-refractivity contribution in [3.8, 4) is 27.9 Å². The SMILES string of the molecule is CCCCCCC1(CCCCCC)c2cc(C)ccc2-c2ccc(-c3ccc4c(c3)c3cc(C)ccc3n4-c3ccc(/C=N\O)cc3)cc21. The van der Waals surface area contributed by atoms with Crippen LogP contribution < -0.4 is 0 Å². The molecule has 3 heteroatoms. The highest BCUT2D eigenvalue weighted by Gasteiger charge is 2.42. The zero-order chi connectivity index (χ0) is 34.0. The highest BCUT2D eigenvalue weighted by atomic mass is 16.4. The fourth-order valence-corrected chi connectivity index (χ4v) is 8.53. The third-order valence-corrected chi connectivity index (χ3v) is 11.0. The number of hydrogen-bond acceptors (Lipinski definition) is 2. The van der Waals surface area contributed by atoms with Crippen molar-refractivity contribution in [1.29, 1.82) is 0 Å². The van der Waals surface area contributed by atoms with Crippen LogP contribution >= 0.6 is 0 Å². The van der Waals surface area contributed by atoms with Crippen LogP contribution in [-0.4, -0.2) is 16.0 Å². The number of aromatic nitrogens is 1. The van der Waals surface area contributed by atoms with E-state index in [0.29, 0.717) is 0 Å². The molecule has 0 amide bonds. The van der Waals surface area contributed by atoms with Gasteiger partial charge in [-0.3, -0.25) is 0 Å². The summed E-state index contributed by atoms with van der Waals surface area (Å²) in [5, 5.41) is 14.8. The average Bonchev–Trinajstić information content (AvgIpc) is 3.57. The van der Waals surface area contributed by atoms with Gasteiger partial charge in [-0.1, -0.05) is 136 Å². The van der Waals surface area contributed by atoms with Gasteiger partial charge in [0.05, 0.1) is 17.2 Å². The molecule has 1 heterocycles. The van der Waals surface area contributed by atoms with E-state index in [0.717, 1.165) is 11.3 Å². The van der Waals surface area contributed by atoms with Gasteiger partial charge in [0.2, 0.25) is 0 Å². The average molecular weight is 647 g/mol. The molecule has 7 rings (SSSR count). The van der Waals surface area contributed by atoms with E-state index in [1.165, 1.54) is 126 Å². The van der Waals surface area contributed by atoms with Gasteiger partial charge < -0.3 is 9.77 Å². The Morgan fingerprint density at radius 2 is 1.14 bits per heavy atom. The summed E-state index contributed by atoms with van der Waals surface area (Å²) in [6, 6.07) is 36.6. The smallest absolute Gasteiger partial charge is 0.0733 e. The highest BCUT2D eigenvalue weighted by Crippen LogP contribution is 2.55. The number of benzene rings is 5. The van der Waals surface area contributed by atoms with Crippen LogP contribution in [0.15, 0.2) is 102 Å². The fourth-order valence-electron chi connectivity index (χ4n) is 8.53. The zero-order valence-corrected chi connectivity index (χ0v) is 29.7. The predicted octanol–water partition coefficient (Wildman–Crippen LogP) is 13.1. The molecule has 0 saturated heterocycles. The summed E-state index contributed by atoms with van der Waals surface area (Å²) >= 11 is 0. The lowest BCUT2D eigenvalue weighted by Crippen LogP contribution is -2.25. The molecule has 1 N–H and O–H groups in total. The Morgan fingerprint density at radius 3 is 1.82 bits per heavy atom. The first-order chi connectivity index (χ1) is 24.0. The zero-order valence-electron chi connectivity index (χ0n) is 29.7. The Labute approximate surface area is 292 Å². The Hall–Kier alpha value is -4.63. The number of fused-ring (bicyclic) bond motifs is 6. The minimum absolute atomic E-state index is 0.0678. The number of hydrogen-bond donors (Lipinski definition) is 1. The third-order valence-electron chi connectivity index (χ3n) is 11.0. The lowest BCUT2D eigenvalue weighted by Gasteiger charge is -2.33. The van der Waals surface area contributed by atoms with E-state index in [2.05, 4.69) is 122 Å². The van der Waals surface area contributed by atoms with E-state index in [-0.39, 0.29) is 5.41 Å². The largest absolute Gasteiger partial charge is 0.411 e. The molecule has 0 saturated carbocycles. The van der Waals surface area contributed by atoms with E-state index in [9.17, 15) is 0 Å². The Balaban J connectivity index is 1.36. The van der Waals surface area contributed by atoms with Gasteiger partial charge in [-0.05, 0) is 108 Å². The Morgan fingerprint density at radius 1 is 0.592 bits per heavy atom. The van der Waals surface area contributed by atoms with Crippen molar-refractivity contribution in [2.45, 2.75) is 97.3 Å². The van der Waals surface area contributed by atoms with Crippen LogP contribution in [0.3, 0.4) is 0 Å². The lowest BCUT2D eigenvalue weighted by molar-refractivity contribution is 0.322. The first-order valence-electron chi connectivity index (χ1n) is 18.6. The van der Waals surface area contributed by atoms with Crippen LogP contribution in [0.4, 0.5) is 0 Å². The molecule has 0 bridgehead atoms. The number of aryl methyl sites for hydroxylation is 2. The van der Waals surface area contributed by atoms with Gasteiger partial charge in [0.1, 0.15) is 0 Å². The monoisotopic (exact) mass is 646 g/mol. The number of rotatable bonds is 13. The summed E-state index contributed by atoms with van der Waals surface area (Å²) in [5.74, 6) is 0. The molecule has 0 unspecified atom stereocenters. The van der Waals surface area contributed by atoms with Gasteiger partial charge in [-0.2, -0.15) is 0 Å². The molecule has 6 aromatic rings. The van der Waals surface area contributed by atoms with Crippen molar-refractivity contribution in [2.75, 3.05) is 0 Å². The first kappa shape index (κ1) is 32.9. The Bertz CT molecular complexity index is 2120. The minimum Gasteiger partial charge on any atom is -0.411 e. The summed E-state index contributed by atoms with van der Waals surface area (Å²) in [4.78, 5) is 0. The van der Waals surface area contributed by atoms with Crippen molar-refractivity contribution in [1.82, 2.24) is 4.57 Å². The maximum Gasteiger partial charge on any atom is 0.0733 e. The van der Waals surface area contributed by atoms with Crippen LogP contribution in [0.2, 0.25) is 0 Å². The topological polar surface area (TPSA) is 37.5 Å². The van der Waals surface area contributed by atoms with Crippen LogP contribution in [-0.2, 0) is 5.41 Å². The molecular formula is C46H50N2O. The normalized spacial score (nSPS) is 13.5. The number of nitrogens with zero attached hydrogens (tertiary/aromatic N) is 2. The van der Waals surface area contributed by atoms with Gasteiger partial charge in [-0.25, -0.2) is 0 Å². The Kier molecular flexibility index (Phi) is 9.45. The van der Waals surface area contributed by atoms with E-state index >= 15 is 0 Å². The molecule has 1 aliphatic rings. The molecule has 3 nitrogen and oxygen atoms in total. The summed E-state index contributed by atoms with van der Waals surface area (Å²) in [7, 11) is 0. The fraction of sp³-hybridized carbons (Fsp3) is 0.326. The second-order valence-corrected chi connectivity index (χ2v) is 14.4. The summed E-state index contributed by atoms with van der Waals surface area (Å²) in [6.45, 7) is 9.07. The molecular weight excluding hydrogens is 597 g/mol. The second-order valence-electron chi connectivity index (χ2n) is 14.4. The van der Waals surface area contributed by atoms with E-state index < -0.39 is 0 Å². The van der Waals surface area contributed by atoms with E-state index in [1.54, 1.807) is 11.1 Å². The maximum atomic E-state index is 9.02. The van der Waals surface area contributed by atoms with Crippen LogP contribution in [0, 0.1) is 13.8 Å². The van der Waals surface area contributed by atoms with Crippen molar-refractivity contribution >= 4 is 28.0 Å². The van der Waals surface area contributed by atoms with Crippen LogP contribution in [0.1, 0.15) is 106 Å². The lowest BCUT2D eigenvalue weighted by atomic mass is 9.70. The summed E-state index contributed by atoms with van der Waals surface area (Å²) < 4.78 is 2.35. The molecule has 0 fully saturated rings. The molecule has 0 spiro atoms. The predicted molar refractivity (Wildman–Crippen MR) is 209 cm³/mol. The molecule has 1 aliphatic carbocycles. The molecule has 0 aliphatic heterocycles. The van der Waals surface area contributed by atoms with Gasteiger partial charge in [0.15, 0.2) is 0 Å². The van der Waals surface area contributed by atoms with Gasteiger partial charge in [0.25, 0.3) is 0 Å². The highest BCUT2D eigenvalue weighted by molar-refractivity contribution is 6.10. The van der Waals surface area contributed by atoms with E-state index in [1.807, 2.05) is 12.1 Å². The quantitative estimate of drug-likeness (QED) is 0.0576. The second kappa shape index (κ2) is 14.1. The van der Waals surface area contributed by atoms with Gasteiger partial charge >= 0.3 is 0 Å². The molecule has 0 radical (unpaired) electrons. The van der Waals surface area contributed by atoms with Crippen molar-refractivity contribution in [3.63, 3.8) is 0 Å². The summed E-state index contributed by atoms with van der Waals surface area (Å²) in [5.41, 5.74) is 15.6. The molecule has 0 atom stereocenters. The van der Waals surface area contributed by atoms with Crippen molar-refractivity contribution in [3.05, 3.63) is 125 Å². The summed E-state index contributed by atoms with van der Waals surface area (Å²) in [6.07, 6.45) is 14.2. The molecule has 1 aromatic heterocycles. The van der Waals surface area contributed by atoms with Gasteiger partial charge in [0, 0.05) is 21.9 Å². The standard InChI is InChI=1S/C46H50N2O/c1-5-7-9-11-25-46(26-12-10-8-6-2)42-28-33(4)13-21-38(42)39-22-17-36(30-43(39)46)35-18-24-45-41(29-35)40-27-32(3)14-23-44(40)48(45)37-19-15-34(16-20-37)31-47-49/h13-24,27-31,49H,5-12,25-26H2,1-4H3/b47-31-. The third kappa shape index (κ3) is 6.09. The minimum atomic E-state index is 0.0678. The van der Waals surface area contributed by atoms with Gasteiger partial charge in [-0.15, -0.1) is 0 Å².